The maximum atomic E-state index is 13.0. The largest absolute Gasteiger partial charge is 0.329 e. The van der Waals surface area contributed by atoms with Gasteiger partial charge in [0.25, 0.3) is 0 Å². The molecule has 0 saturated carbocycles. The summed E-state index contributed by atoms with van der Waals surface area (Å²) in [6.07, 6.45) is 0. The van der Waals surface area contributed by atoms with Crippen molar-refractivity contribution in [2.24, 2.45) is 11.7 Å². The number of nitrogens with two attached hydrogens (primary N) is 1. The van der Waals surface area contributed by atoms with E-state index < -0.39 is 11.6 Å². The smallest absolute Gasteiger partial charge is 0.159 e. The molecule has 90 valence electrons. The van der Waals surface area contributed by atoms with Crippen LogP contribution >= 0.6 is 0 Å². The summed E-state index contributed by atoms with van der Waals surface area (Å²) in [5.74, 6) is -1.18. The van der Waals surface area contributed by atoms with Crippen LogP contribution in [0.15, 0.2) is 18.2 Å². The number of hydrogen-bond acceptors (Lipinski definition) is 2. The molecule has 0 spiro atoms. The Bertz CT molecular complexity index is 340. The van der Waals surface area contributed by atoms with Crippen LogP contribution in [0.2, 0.25) is 0 Å². The van der Waals surface area contributed by atoms with E-state index in [1.807, 2.05) is 0 Å². The van der Waals surface area contributed by atoms with Gasteiger partial charge in [-0.25, -0.2) is 8.78 Å². The van der Waals surface area contributed by atoms with Gasteiger partial charge in [-0.05, 0) is 30.2 Å². The van der Waals surface area contributed by atoms with Crippen molar-refractivity contribution in [3.8, 4) is 0 Å². The third kappa shape index (κ3) is 3.54. The van der Waals surface area contributed by atoms with Crippen molar-refractivity contribution in [2.45, 2.75) is 19.9 Å². The number of nitrogens with one attached hydrogen (secondary N) is 1. The van der Waals surface area contributed by atoms with Gasteiger partial charge in [-0.3, -0.25) is 0 Å². The molecule has 0 aliphatic carbocycles. The summed E-state index contributed by atoms with van der Waals surface area (Å²) in [6, 6.07) is 3.76. The average molecular weight is 228 g/mol. The van der Waals surface area contributed by atoms with Crippen molar-refractivity contribution in [3.63, 3.8) is 0 Å². The van der Waals surface area contributed by atoms with Crippen LogP contribution in [0, 0.1) is 17.6 Å². The summed E-state index contributed by atoms with van der Waals surface area (Å²) in [6.45, 7) is 5.30. The Morgan fingerprint density at radius 1 is 1.25 bits per heavy atom. The number of hydrogen-bond donors (Lipinski definition) is 2. The minimum absolute atomic E-state index is 0.127. The van der Waals surface area contributed by atoms with Gasteiger partial charge >= 0.3 is 0 Å². The van der Waals surface area contributed by atoms with Crippen LogP contribution in [-0.4, -0.2) is 13.1 Å². The highest BCUT2D eigenvalue weighted by molar-refractivity contribution is 5.21. The van der Waals surface area contributed by atoms with E-state index in [1.54, 1.807) is 6.07 Å². The molecule has 0 aromatic heterocycles. The molecule has 16 heavy (non-hydrogen) atoms. The molecule has 1 rings (SSSR count). The number of rotatable bonds is 5. The Hall–Kier alpha value is -1.00. The lowest BCUT2D eigenvalue weighted by molar-refractivity contribution is 0.470. The topological polar surface area (TPSA) is 38.0 Å². The number of halogens is 2. The fourth-order valence-corrected chi connectivity index (χ4v) is 1.44. The van der Waals surface area contributed by atoms with Crippen LogP contribution in [0.5, 0.6) is 0 Å². The summed E-state index contributed by atoms with van der Waals surface area (Å²) in [7, 11) is 0. The van der Waals surface area contributed by atoms with Crippen LogP contribution in [0.1, 0.15) is 25.5 Å². The monoisotopic (exact) mass is 228 g/mol. The zero-order valence-electron chi connectivity index (χ0n) is 9.63. The van der Waals surface area contributed by atoms with Crippen molar-refractivity contribution in [2.75, 3.05) is 13.1 Å². The quantitative estimate of drug-likeness (QED) is 0.811. The predicted octanol–water partition coefficient (Wildman–Crippen LogP) is 2.21. The molecule has 0 fully saturated rings. The van der Waals surface area contributed by atoms with E-state index >= 15 is 0 Å². The molecular formula is C12H18F2N2. The first-order chi connectivity index (χ1) is 7.54. The van der Waals surface area contributed by atoms with E-state index in [9.17, 15) is 8.78 Å². The van der Waals surface area contributed by atoms with Crippen molar-refractivity contribution in [1.29, 1.82) is 0 Å². The molecule has 0 saturated heterocycles. The van der Waals surface area contributed by atoms with E-state index in [0.29, 0.717) is 18.0 Å². The van der Waals surface area contributed by atoms with E-state index in [4.69, 9.17) is 5.73 Å². The highest BCUT2D eigenvalue weighted by Gasteiger charge is 2.12. The van der Waals surface area contributed by atoms with Crippen molar-refractivity contribution < 1.29 is 8.78 Å². The van der Waals surface area contributed by atoms with Gasteiger partial charge in [-0.2, -0.15) is 0 Å². The Kier molecular flexibility index (Phi) is 4.83. The molecule has 1 unspecified atom stereocenters. The molecule has 1 aromatic rings. The Morgan fingerprint density at radius 2 is 1.94 bits per heavy atom. The molecule has 1 atom stereocenters. The van der Waals surface area contributed by atoms with Crippen LogP contribution in [0.4, 0.5) is 8.78 Å². The van der Waals surface area contributed by atoms with Gasteiger partial charge in [0.1, 0.15) is 0 Å². The summed E-state index contributed by atoms with van der Waals surface area (Å²) in [4.78, 5) is 0. The zero-order chi connectivity index (χ0) is 12.1. The van der Waals surface area contributed by atoms with Gasteiger partial charge < -0.3 is 11.1 Å². The van der Waals surface area contributed by atoms with Gasteiger partial charge in [0.15, 0.2) is 11.6 Å². The Balaban J connectivity index is 2.74. The highest BCUT2D eigenvalue weighted by atomic mass is 19.2. The third-order valence-electron chi connectivity index (χ3n) is 2.35. The molecule has 0 radical (unpaired) electrons. The fraction of sp³-hybridized carbons (Fsp3) is 0.500. The van der Waals surface area contributed by atoms with E-state index in [1.165, 1.54) is 6.07 Å². The standard InChI is InChI=1S/C12H18F2N2/c1-8(2)7-16-12(6-15)9-3-4-10(13)11(14)5-9/h3-5,8,12,16H,6-7,15H2,1-2H3. The SMILES string of the molecule is CC(C)CNC(CN)c1ccc(F)c(F)c1. The second-order valence-electron chi connectivity index (χ2n) is 4.26. The molecule has 4 heteroatoms. The summed E-state index contributed by atoms with van der Waals surface area (Å²) in [5.41, 5.74) is 6.28. The second kappa shape index (κ2) is 5.92. The second-order valence-corrected chi connectivity index (χ2v) is 4.26. The third-order valence-corrected chi connectivity index (χ3v) is 2.35. The van der Waals surface area contributed by atoms with E-state index in [2.05, 4.69) is 19.2 Å². The van der Waals surface area contributed by atoms with Gasteiger partial charge in [0.05, 0.1) is 0 Å². The number of benzene rings is 1. The lowest BCUT2D eigenvalue weighted by atomic mass is 10.1. The molecular weight excluding hydrogens is 210 g/mol. The fourth-order valence-electron chi connectivity index (χ4n) is 1.44. The van der Waals surface area contributed by atoms with Gasteiger partial charge in [0.2, 0.25) is 0 Å². The summed E-state index contributed by atoms with van der Waals surface area (Å²) >= 11 is 0. The first kappa shape index (κ1) is 13.1. The van der Waals surface area contributed by atoms with Gasteiger partial charge in [0, 0.05) is 12.6 Å². The minimum atomic E-state index is -0.831. The van der Waals surface area contributed by atoms with Crippen LogP contribution < -0.4 is 11.1 Å². The molecule has 3 N–H and O–H groups in total. The van der Waals surface area contributed by atoms with Gasteiger partial charge in [-0.15, -0.1) is 0 Å². The van der Waals surface area contributed by atoms with E-state index in [-0.39, 0.29) is 6.04 Å². The summed E-state index contributed by atoms with van der Waals surface area (Å²) < 4.78 is 25.8. The average Bonchev–Trinajstić information content (AvgIpc) is 2.23. The highest BCUT2D eigenvalue weighted by Crippen LogP contribution is 2.15. The van der Waals surface area contributed by atoms with Crippen LogP contribution in [0.3, 0.4) is 0 Å². The predicted molar refractivity (Wildman–Crippen MR) is 61.0 cm³/mol. The maximum absolute atomic E-state index is 13.0. The van der Waals surface area contributed by atoms with Crippen molar-refractivity contribution in [3.05, 3.63) is 35.4 Å². The first-order valence-electron chi connectivity index (χ1n) is 5.43. The van der Waals surface area contributed by atoms with Crippen LogP contribution in [-0.2, 0) is 0 Å². The molecule has 2 nitrogen and oxygen atoms in total. The first-order valence-corrected chi connectivity index (χ1v) is 5.43. The van der Waals surface area contributed by atoms with Crippen molar-refractivity contribution in [1.82, 2.24) is 5.32 Å². The zero-order valence-corrected chi connectivity index (χ0v) is 9.63. The van der Waals surface area contributed by atoms with E-state index in [0.717, 1.165) is 12.6 Å². The molecule has 0 aliphatic heterocycles. The lowest BCUT2D eigenvalue weighted by Gasteiger charge is -2.18. The molecule has 0 heterocycles. The lowest BCUT2D eigenvalue weighted by Crippen LogP contribution is -2.31. The van der Waals surface area contributed by atoms with Crippen LogP contribution in [0.25, 0.3) is 0 Å². The molecule has 0 amide bonds. The summed E-state index contributed by atoms with van der Waals surface area (Å²) in [5, 5.41) is 3.22. The minimum Gasteiger partial charge on any atom is -0.329 e. The maximum Gasteiger partial charge on any atom is 0.159 e. The Labute approximate surface area is 94.8 Å². The molecule has 0 aliphatic rings. The normalized spacial score (nSPS) is 13.1. The molecule has 0 bridgehead atoms. The molecule has 1 aromatic carbocycles. The Morgan fingerprint density at radius 3 is 2.44 bits per heavy atom. The van der Waals surface area contributed by atoms with Gasteiger partial charge in [-0.1, -0.05) is 19.9 Å². The van der Waals surface area contributed by atoms with Crippen molar-refractivity contribution >= 4 is 0 Å².